The van der Waals surface area contributed by atoms with Crippen LogP contribution in [0.1, 0.15) is 26.3 Å². The molecule has 104 valence electrons. The Balaban J connectivity index is 0.000000224. The third kappa shape index (κ3) is 5.83. The van der Waals surface area contributed by atoms with E-state index in [2.05, 4.69) is 48.2 Å². The van der Waals surface area contributed by atoms with Gasteiger partial charge in [0.1, 0.15) is 16.6 Å². The van der Waals surface area contributed by atoms with Crippen LogP contribution in [0.5, 0.6) is 0 Å². The van der Waals surface area contributed by atoms with Gasteiger partial charge in [-0.2, -0.15) is 15.4 Å². The molecule has 0 aliphatic heterocycles. The smallest absolute Gasteiger partial charge is 0.293 e. The number of aryl methyl sites for hydroxylation is 1. The van der Waals surface area contributed by atoms with Crippen molar-refractivity contribution in [1.82, 2.24) is 15.4 Å². The fraction of sp³-hybridized carbons (Fsp3) is 0.462. The third-order valence-electron chi connectivity index (χ3n) is 2.17. The Labute approximate surface area is 120 Å². The van der Waals surface area contributed by atoms with Crippen LogP contribution in [0, 0.1) is 0 Å². The molecule has 0 atom stereocenters. The summed E-state index contributed by atoms with van der Waals surface area (Å²) in [5.74, 6) is 0. The molecule has 5 nitrogen and oxygen atoms in total. The number of hydrogen-bond donors (Lipinski definition) is 1. The van der Waals surface area contributed by atoms with Gasteiger partial charge in [-0.15, -0.1) is 0 Å². The summed E-state index contributed by atoms with van der Waals surface area (Å²) >= 11 is 3.40. The van der Waals surface area contributed by atoms with Gasteiger partial charge in [0.05, 0.1) is 0 Å². The number of alkyl halides is 1. The lowest BCUT2D eigenvalue weighted by Gasteiger charge is -2.14. The summed E-state index contributed by atoms with van der Waals surface area (Å²) in [5.41, 5.74) is 2.83. The number of carbonyl (C=O) groups excluding carboxylic acids is 1. The second-order valence-corrected chi connectivity index (χ2v) is 5.71. The first-order valence-corrected chi connectivity index (χ1v) is 7.05. The van der Waals surface area contributed by atoms with Crippen molar-refractivity contribution in [3.05, 3.63) is 23.8 Å². The molecular formula is C13H18BrN3O2. The van der Waals surface area contributed by atoms with Crippen molar-refractivity contribution < 1.29 is 9.53 Å². The predicted molar refractivity (Wildman–Crippen MR) is 78.3 cm³/mol. The number of ether oxygens (including phenoxy) is 1. The number of nitrogens with one attached hydrogen (secondary N) is 1. The summed E-state index contributed by atoms with van der Waals surface area (Å²) in [6.07, 6.45) is 1.03. The van der Waals surface area contributed by atoms with Crippen molar-refractivity contribution in [2.45, 2.75) is 32.8 Å². The topological polar surface area (TPSA) is 67.9 Å². The highest BCUT2D eigenvalue weighted by atomic mass is 79.9. The number of benzene rings is 1. The SMILES string of the molecule is BrCCc1ccc2n[nH]nc2c1.CC(C)(C)OC=O. The van der Waals surface area contributed by atoms with E-state index in [1.165, 1.54) is 5.56 Å². The fourth-order valence-corrected chi connectivity index (χ4v) is 1.75. The molecule has 0 amide bonds. The van der Waals surface area contributed by atoms with Crippen molar-refractivity contribution >= 4 is 33.4 Å². The standard InChI is InChI=1S/C8H8BrN3.C5H10O2/c9-4-3-6-1-2-7-8(5-6)11-12-10-7;1-5(2,3)7-4-6/h1-2,5H,3-4H2,(H,10,11,12);4H,1-3H3. The summed E-state index contributed by atoms with van der Waals surface area (Å²) in [4.78, 5) is 9.60. The number of aromatic nitrogens is 3. The number of nitrogens with zero attached hydrogens (tertiary/aromatic N) is 2. The number of fused-ring (bicyclic) bond motifs is 1. The summed E-state index contributed by atoms with van der Waals surface area (Å²) < 4.78 is 4.55. The molecule has 0 saturated heterocycles. The van der Waals surface area contributed by atoms with E-state index in [4.69, 9.17) is 0 Å². The molecule has 0 radical (unpaired) electrons. The van der Waals surface area contributed by atoms with E-state index in [1.807, 2.05) is 26.8 Å². The van der Waals surface area contributed by atoms with Gasteiger partial charge in [-0.1, -0.05) is 22.0 Å². The maximum absolute atomic E-state index is 9.60. The molecule has 19 heavy (non-hydrogen) atoms. The van der Waals surface area contributed by atoms with Crippen LogP contribution in [-0.4, -0.2) is 32.8 Å². The highest BCUT2D eigenvalue weighted by molar-refractivity contribution is 9.09. The van der Waals surface area contributed by atoms with Crippen LogP contribution in [-0.2, 0) is 16.0 Å². The van der Waals surface area contributed by atoms with Crippen LogP contribution in [0.25, 0.3) is 11.0 Å². The molecule has 1 aromatic heterocycles. The fourth-order valence-electron chi connectivity index (χ4n) is 1.29. The van der Waals surface area contributed by atoms with Crippen molar-refractivity contribution in [3.63, 3.8) is 0 Å². The molecule has 2 aromatic rings. The van der Waals surface area contributed by atoms with Crippen LogP contribution < -0.4 is 0 Å². The Kier molecular flexibility index (Phi) is 5.95. The minimum atomic E-state index is -0.318. The summed E-state index contributed by atoms with van der Waals surface area (Å²) in [7, 11) is 0. The lowest BCUT2D eigenvalue weighted by atomic mass is 10.1. The van der Waals surface area contributed by atoms with E-state index in [0.29, 0.717) is 6.47 Å². The van der Waals surface area contributed by atoms with Gasteiger partial charge in [0, 0.05) is 5.33 Å². The first kappa shape index (κ1) is 15.6. The average molecular weight is 328 g/mol. The zero-order valence-electron chi connectivity index (χ0n) is 11.3. The summed E-state index contributed by atoms with van der Waals surface area (Å²) in [6.45, 7) is 5.92. The van der Waals surface area contributed by atoms with Gasteiger partial charge in [-0.25, -0.2) is 0 Å². The number of H-pyrrole nitrogens is 1. The van der Waals surface area contributed by atoms with Crippen molar-refractivity contribution in [2.24, 2.45) is 0 Å². The molecule has 0 aliphatic carbocycles. The normalized spacial score (nSPS) is 10.7. The maximum atomic E-state index is 9.60. The number of carbonyl (C=O) groups is 1. The zero-order chi connectivity index (χ0) is 14.3. The monoisotopic (exact) mass is 327 g/mol. The molecule has 1 N–H and O–H groups in total. The lowest BCUT2D eigenvalue weighted by Crippen LogP contribution is -2.17. The second-order valence-electron chi connectivity index (χ2n) is 4.91. The van der Waals surface area contributed by atoms with Gasteiger partial charge in [-0.05, 0) is 44.9 Å². The van der Waals surface area contributed by atoms with Crippen LogP contribution >= 0.6 is 15.9 Å². The highest BCUT2D eigenvalue weighted by Gasteiger charge is 2.07. The van der Waals surface area contributed by atoms with Gasteiger partial charge < -0.3 is 4.74 Å². The first-order chi connectivity index (χ1) is 8.96. The zero-order valence-corrected chi connectivity index (χ0v) is 12.9. The molecule has 0 bridgehead atoms. The molecule has 6 heteroatoms. The van der Waals surface area contributed by atoms with Crippen LogP contribution in [0.15, 0.2) is 18.2 Å². The van der Waals surface area contributed by atoms with Crippen molar-refractivity contribution in [1.29, 1.82) is 0 Å². The van der Waals surface area contributed by atoms with Gasteiger partial charge in [0.2, 0.25) is 0 Å². The molecular weight excluding hydrogens is 310 g/mol. The van der Waals surface area contributed by atoms with E-state index in [-0.39, 0.29) is 5.60 Å². The largest absolute Gasteiger partial charge is 0.462 e. The number of hydrogen-bond acceptors (Lipinski definition) is 4. The average Bonchev–Trinajstić information content (AvgIpc) is 2.76. The van der Waals surface area contributed by atoms with Crippen molar-refractivity contribution in [2.75, 3.05) is 5.33 Å². The Hall–Kier alpha value is -1.43. The molecule has 0 saturated carbocycles. The first-order valence-electron chi connectivity index (χ1n) is 5.93. The van der Waals surface area contributed by atoms with E-state index in [1.54, 1.807) is 0 Å². The third-order valence-corrected chi connectivity index (χ3v) is 2.56. The van der Waals surface area contributed by atoms with Crippen molar-refractivity contribution in [3.8, 4) is 0 Å². The predicted octanol–water partition coefficient (Wildman–Crippen LogP) is 2.85. The molecule has 2 rings (SSSR count). The van der Waals surface area contributed by atoms with Crippen LogP contribution in [0.4, 0.5) is 0 Å². The Morgan fingerprint density at radius 2 is 2.00 bits per heavy atom. The van der Waals surface area contributed by atoms with Crippen LogP contribution in [0.2, 0.25) is 0 Å². The molecule has 1 heterocycles. The quantitative estimate of drug-likeness (QED) is 0.695. The summed E-state index contributed by atoms with van der Waals surface area (Å²) in [6, 6.07) is 6.11. The Bertz CT molecular complexity index is 520. The van der Waals surface area contributed by atoms with Gasteiger partial charge in [-0.3, -0.25) is 4.79 Å². The van der Waals surface area contributed by atoms with Gasteiger partial charge in [0.25, 0.3) is 6.47 Å². The second kappa shape index (κ2) is 7.23. The van der Waals surface area contributed by atoms with E-state index >= 15 is 0 Å². The van der Waals surface area contributed by atoms with Gasteiger partial charge >= 0.3 is 0 Å². The Morgan fingerprint density at radius 1 is 1.32 bits per heavy atom. The van der Waals surface area contributed by atoms with Crippen LogP contribution in [0.3, 0.4) is 0 Å². The van der Waals surface area contributed by atoms with E-state index in [9.17, 15) is 4.79 Å². The van der Waals surface area contributed by atoms with E-state index < -0.39 is 0 Å². The van der Waals surface area contributed by atoms with Gasteiger partial charge in [0.15, 0.2) is 0 Å². The minimum absolute atomic E-state index is 0.318. The molecule has 1 aromatic carbocycles. The lowest BCUT2D eigenvalue weighted by molar-refractivity contribution is -0.138. The maximum Gasteiger partial charge on any atom is 0.293 e. The minimum Gasteiger partial charge on any atom is -0.462 e. The number of rotatable bonds is 3. The highest BCUT2D eigenvalue weighted by Crippen LogP contribution is 2.11. The summed E-state index contributed by atoms with van der Waals surface area (Å²) in [5, 5.41) is 11.6. The number of aromatic amines is 1. The molecule has 0 spiro atoms. The number of halogens is 1. The molecule has 0 fully saturated rings. The van der Waals surface area contributed by atoms with E-state index in [0.717, 1.165) is 22.8 Å². The Morgan fingerprint density at radius 3 is 2.53 bits per heavy atom. The molecule has 0 unspecified atom stereocenters. The molecule has 0 aliphatic rings.